The van der Waals surface area contributed by atoms with Gasteiger partial charge >= 0.3 is 0 Å². The second kappa shape index (κ2) is 11.1. The van der Waals surface area contributed by atoms with Gasteiger partial charge in [-0.05, 0) is 97.6 Å². The minimum Gasteiger partial charge on any atom is -0.372 e. The summed E-state index contributed by atoms with van der Waals surface area (Å²) in [6.07, 6.45) is 4.20. The van der Waals surface area contributed by atoms with E-state index < -0.39 is 0 Å². The molecule has 0 spiro atoms. The van der Waals surface area contributed by atoms with Crippen molar-refractivity contribution in [2.24, 2.45) is 5.92 Å². The van der Waals surface area contributed by atoms with Gasteiger partial charge in [-0.25, -0.2) is 4.68 Å². The highest BCUT2D eigenvalue weighted by Gasteiger charge is 2.17. The lowest BCUT2D eigenvalue weighted by atomic mass is 9.98. The van der Waals surface area contributed by atoms with Crippen LogP contribution in [0.5, 0.6) is 0 Å². The summed E-state index contributed by atoms with van der Waals surface area (Å²) in [7, 11) is 0. The Morgan fingerprint density at radius 3 is 2.02 bits per heavy atom. The van der Waals surface area contributed by atoms with Crippen molar-refractivity contribution in [3.63, 3.8) is 0 Å². The van der Waals surface area contributed by atoms with Gasteiger partial charge in [0.15, 0.2) is 0 Å². The Hall–Kier alpha value is -4.91. The first kappa shape index (κ1) is 25.4. The van der Waals surface area contributed by atoms with Crippen molar-refractivity contribution in [2.45, 2.75) is 19.8 Å². The molecule has 4 aromatic carbocycles. The minimum atomic E-state index is -0.153. The van der Waals surface area contributed by atoms with Crippen molar-refractivity contribution in [1.29, 1.82) is 0 Å². The van der Waals surface area contributed by atoms with Gasteiger partial charge in [-0.2, -0.15) is 5.10 Å². The SMILES string of the molecule is CC1CCN(c2ccc(C(=O)Nc3ccc4c(cnn4-c4ccc(NC(=O)c5ccccc5)cc4)c3)cc2)CC1. The number of nitrogens with one attached hydrogen (secondary N) is 2. The molecule has 0 atom stereocenters. The van der Waals surface area contributed by atoms with Gasteiger partial charge in [0.25, 0.3) is 11.8 Å². The number of piperidine rings is 1. The molecule has 0 aliphatic carbocycles. The lowest BCUT2D eigenvalue weighted by Crippen LogP contribution is -2.32. The van der Waals surface area contributed by atoms with Gasteiger partial charge in [-0.1, -0.05) is 25.1 Å². The molecule has 7 heteroatoms. The molecule has 200 valence electrons. The maximum atomic E-state index is 12.9. The van der Waals surface area contributed by atoms with Gasteiger partial charge in [0.2, 0.25) is 0 Å². The van der Waals surface area contributed by atoms with E-state index >= 15 is 0 Å². The van der Waals surface area contributed by atoms with E-state index in [9.17, 15) is 9.59 Å². The van der Waals surface area contributed by atoms with Crippen LogP contribution in [0.15, 0.2) is 103 Å². The predicted octanol–water partition coefficient (Wildman–Crippen LogP) is 6.77. The third kappa shape index (κ3) is 5.45. The molecule has 1 aliphatic heterocycles. The minimum absolute atomic E-state index is 0.140. The van der Waals surface area contributed by atoms with Crippen LogP contribution in [0, 0.1) is 5.92 Å². The van der Waals surface area contributed by atoms with Crippen LogP contribution in [0.1, 0.15) is 40.5 Å². The zero-order chi connectivity index (χ0) is 27.5. The van der Waals surface area contributed by atoms with Crippen molar-refractivity contribution in [1.82, 2.24) is 9.78 Å². The van der Waals surface area contributed by atoms with E-state index in [0.29, 0.717) is 22.5 Å². The number of benzene rings is 4. The first-order chi connectivity index (χ1) is 19.5. The molecule has 0 radical (unpaired) electrons. The second-order valence-corrected chi connectivity index (χ2v) is 10.4. The highest BCUT2D eigenvalue weighted by molar-refractivity contribution is 6.05. The number of carbonyl (C=O) groups is 2. The number of aromatic nitrogens is 2. The van der Waals surface area contributed by atoms with Crippen LogP contribution in [0.4, 0.5) is 17.1 Å². The molecule has 0 saturated carbocycles. The second-order valence-electron chi connectivity index (χ2n) is 10.4. The third-order valence-corrected chi connectivity index (χ3v) is 7.51. The fourth-order valence-electron chi connectivity index (χ4n) is 5.09. The van der Waals surface area contributed by atoms with Crippen molar-refractivity contribution in [3.05, 3.63) is 114 Å². The van der Waals surface area contributed by atoms with E-state index in [4.69, 9.17) is 0 Å². The summed E-state index contributed by atoms with van der Waals surface area (Å²) in [5, 5.41) is 11.4. The molecule has 2 heterocycles. The number of fused-ring (bicyclic) bond motifs is 1. The van der Waals surface area contributed by atoms with Gasteiger partial charge in [0.05, 0.1) is 17.4 Å². The Morgan fingerprint density at radius 2 is 1.32 bits per heavy atom. The average molecular weight is 530 g/mol. The zero-order valence-corrected chi connectivity index (χ0v) is 22.4. The van der Waals surface area contributed by atoms with Gasteiger partial charge < -0.3 is 15.5 Å². The van der Waals surface area contributed by atoms with Gasteiger partial charge in [-0.15, -0.1) is 0 Å². The summed E-state index contributed by atoms with van der Waals surface area (Å²) >= 11 is 0. The summed E-state index contributed by atoms with van der Waals surface area (Å²) < 4.78 is 1.84. The number of amides is 2. The molecule has 1 fully saturated rings. The number of anilines is 3. The molecule has 6 rings (SSSR count). The fourth-order valence-corrected chi connectivity index (χ4v) is 5.09. The largest absolute Gasteiger partial charge is 0.372 e. The lowest BCUT2D eigenvalue weighted by molar-refractivity contribution is 0.101. The summed E-state index contributed by atoms with van der Waals surface area (Å²) in [6, 6.07) is 30.3. The Bertz CT molecular complexity index is 1630. The van der Waals surface area contributed by atoms with Crippen LogP contribution < -0.4 is 15.5 Å². The van der Waals surface area contributed by atoms with Gasteiger partial charge in [0.1, 0.15) is 0 Å². The van der Waals surface area contributed by atoms with Crippen molar-refractivity contribution in [2.75, 3.05) is 28.6 Å². The van der Waals surface area contributed by atoms with Crippen LogP contribution in [-0.4, -0.2) is 34.7 Å². The van der Waals surface area contributed by atoms with E-state index in [-0.39, 0.29) is 11.8 Å². The van der Waals surface area contributed by atoms with Crippen LogP contribution in [0.3, 0.4) is 0 Å². The first-order valence-corrected chi connectivity index (χ1v) is 13.6. The molecule has 1 aliphatic rings. The number of nitrogens with zero attached hydrogens (tertiary/aromatic N) is 3. The predicted molar refractivity (Wildman–Crippen MR) is 160 cm³/mol. The summed E-state index contributed by atoms with van der Waals surface area (Å²) in [6.45, 7) is 4.44. The van der Waals surface area contributed by atoms with E-state index in [1.54, 1.807) is 18.3 Å². The van der Waals surface area contributed by atoms with Crippen LogP contribution in [-0.2, 0) is 0 Å². The number of rotatable bonds is 6. The summed E-state index contributed by atoms with van der Waals surface area (Å²) in [5.41, 5.74) is 5.61. The van der Waals surface area contributed by atoms with E-state index in [1.165, 1.54) is 18.5 Å². The Labute approximate surface area is 233 Å². The fraction of sp³-hybridized carbons (Fsp3) is 0.182. The van der Waals surface area contributed by atoms with Gasteiger partial charge in [0, 0.05) is 46.7 Å². The highest BCUT2D eigenvalue weighted by Crippen LogP contribution is 2.25. The molecular formula is C33H31N5O2. The summed E-state index contributed by atoms with van der Waals surface area (Å²) in [5.74, 6) is 0.490. The van der Waals surface area contributed by atoms with Crippen molar-refractivity contribution in [3.8, 4) is 5.69 Å². The number of hydrogen-bond acceptors (Lipinski definition) is 4. The molecule has 0 unspecified atom stereocenters. The smallest absolute Gasteiger partial charge is 0.255 e. The number of carbonyl (C=O) groups excluding carboxylic acids is 2. The molecular weight excluding hydrogens is 498 g/mol. The topological polar surface area (TPSA) is 79.3 Å². The highest BCUT2D eigenvalue weighted by atomic mass is 16.2. The monoisotopic (exact) mass is 529 g/mol. The van der Waals surface area contributed by atoms with Crippen LogP contribution in [0.2, 0.25) is 0 Å². The number of hydrogen-bond donors (Lipinski definition) is 2. The Kier molecular flexibility index (Phi) is 7.02. The Morgan fingerprint density at radius 1 is 0.725 bits per heavy atom. The Balaban J connectivity index is 1.11. The molecule has 7 nitrogen and oxygen atoms in total. The standard InChI is InChI=1S/C33H31N5O2/c1-23-17-19-37(20-18-23)29-12-7-25(8-13-29)33(40)36-28-11-16-31-26(21-28)22-34-38(31)30-14-9-27(10-15-30)35-32(39)24-5-3-2-4-6-24/h2-16,21-23H,17-20H2,1H3,(H,35,39)(H,36,40). The van der Waals surface area contributed by atoms with Gasteiger partial charge in [-0.3, -0.25) is 9.59 Å². The quantitative estimate of drug-likeness (QED) is 0.255. The van der Waals surface area contributed by atoms with Crippen molar-refractivity contribution >= 4 is 39.8 Å². The average Bonchev–Trinajstić information content (AvgIpc) is 3.42. The summed E-state index contributed by atoms with van der Waals surface area (Å²) in [4.78, 5) is 27.8. The lowest BCUT2D eigenvalue weighted by Gasteiger charge is -2.32. The third-order valence-electron chi connectivity index (χ3n) is 7.51. The van der Waals surface area contributed by atoms with Crippen LogP contribution in [0.25, 0.3) is 16.6 Å². The molecule has 1 saturated heterocycles. The van der Waals surface area contributed by atoms with Crippen LogP contribution >= 0.6 is 0 Å². The first-order valence-electron chi connectivity index (χ1n) is 13.6. The maximum absolute atomic E-state index is 12.9. The molecule has 2 N–H and O–H groups in total. The molecule has 40 heavy (non-hydrogen) atoms. The van der Waals surface area contributed by atoms with E-state index in [0.717, 1.165) is 35.6 Å². The molecule has 5 aromatic rings. The maximum Gasteiger partial charge on any atom is 0.255 e. The zero-order valence-electron chi connectivity index (χ0n) is 22.4. The molecule has 0 bridgehead atoms. The van der Waals surface area contributed by atoms with Crippen molar-refractivity contribution < 1.29 is 9.59 Å². The normalized spacial score (nSPS) is 13.8. The molecule has 2 amide bonds. The van der Waals surface area contributed by atoms with E-state index in [2.05, 4.69) is 27.6 Å². The molecule has 1 aromatic heterocycles. The van der Waals surface area contributed by atoms with E-state index in [1.807, 2.05) is 89.6 Å².